The van der Waals surface area contributed by atoms with Gasteiger partial charge >= 0.3 is 0 Å². The second kappa shape index (κ2) is 8.70. The van der Waals surface area contributed by atoms with E-state index in [-0.39, 0.29) is 0 Å². The van der Waals surface area contributed by atoms with Gasteiger partial charge in [0.15, 0.2) is 0 Å². The molecule has 0 atom stereocenters. The maximum Gasteiger partial charge on any atom is 0.0947 e. The zero-order chi connectivity index (χ0) is 17.8. The van der Waals surface area contributed by atoms with E-state index < -0.39 is 0 Å². The van der Waals surface area contributed by atoms with Crippen molar-refractivity contribution in [3.8, 4) is 0 Å². The monoisotopic (exact) mass is 405 g/mol. The molecule has 0 saturated carbocycles. The van der Waals surface area contributed by atoms with Crippen LogP contribution >= 0.6 is 34.9 Å². The summed E-state index contributed by atoms with van der Waals surface area (Å²) in [5.41, 5.74) is 2.62. The molecule has 0 unspecified atom stereocenters. The van der Waals surface area contributed by atoms with Gasteiger partial charge in [-0.2, -0.15) is 0 Å². The Hall–Kier alpha value is -1.14. The third kappa shape index (κ3) is 4.58. The highest BCUT2D eigenvalue weighted by Crippen LogP contribution is 2.40. The molecule has 3 nitrogen and oxygen atoms in total. The molecule has 26 heavy (non-hydrogen) atoms. The molecule has 138 valence electrons. The Labute approximate surface area is 169 Å². The van der Waals surface area contributed by atoms with Crippen LogP contribution in [0.5, 0.6) is 0 Å². The molecule has 1 fully saturated rings. The Kier molecular flexibility index (Phi) is 6.10. The molecule has 2 aromatic rings. The quantitative estimate of drug-likeness (QED) is 0.476. The Balaban J connectivity index is 1.14. The van der Waals surface area contributed by atoms with Crippen LogP contribution in [0.15, 0.2) is 46.8 Å². The van der Waals surface area contributed by atoms with Crippen molar-refractivity contribution in [1.82, 2.24) is 9.21 Å². The third-order valence-electron chi connectivity index (χ3n) is 4.91. The molecule has 0 radical (unpaired) electrons. The van der Waals surface area contributed by atoms with E-state index in [1.807, 2.05) is 11.9 Å². The van der Waals surface area contributed by atoms with Crippen molar-refractivity contribution in [1.29, 1.82) is 0 Å². The maximum atomic E-state index is 6.10. The molecule has 1 aromatic heterocycles. The summed E-state index contributed by atoms with van der Waals surface area (Å²) in [5.74, 6) is 0. The van der Waals surface area contributed by atoms with Crippen LogP contribution in [0.2, 0.25) is 4.34 Å². The fourth-order valence-corrected chi connectivity index (χ4v) is 6.02. The number of para-hydroxylation sites is 1. The Morgan fingerprint density at radius 1 is 0.962 bits per heavy atom. The van der Waals surface area contributed by atoms with Crippen molar-refractivity contribution >= 4 is 46.6 Å². The summed E-state index contributed by atoms with van der Waals surface area (Å²) in [5, 5.41) is 0. The van der Waals surface area contributed by atoms with E-state index in [0.717, 1.165) is 24.0 Å². The molecule has 2 aliphatic heterocycles. The van der Waals surface area contributed by atoms with Crippen LogP contribution in [0.25, 0.3) is 6.08 Å². The normalized spacial score (nSPS) is 17.6. The summed E-state index contributed by atoms with van der Waals surface area (Å²) in [6, 6.07) is 12.8. The molecule has 0 spiro atoms. The van der Waals surface area contributed by atoms with Crippen molar-refractivity contribution in [3.63, 3.8) is 0 Å². The summed E-state index contributed by atoms with van der Waals surface area (Å²) in [7, 11) is 0. The Morgan fingerprint density at radius 3 is 2.54 bits per heavy atom. The SMILES string of the molecule is Clc1cc2c(s1)SN(CCCCN1CCN(c3ccccc3)CC1)C=C2. The molecule has 2 aliphatic rings. The molecule has 1 aromatic carbocycles. The van der Waals surface area contributed by atoms with Gasteiger partial charge in [-0.15, -0.1) is 11.3 Å². The lowest BCUT2D eigenvalue weighted by Gasteiger charge is -2.36. The highest BCUT2D eigenvalue weighted by Gasteiger charge is 2.17. The van der Waals surface area contributed by atoms with Gasteiger partial charge in [-0.05, 0) is 55.6 Å². The van der Waals surface area contributed by atoms with E-state index >= 15 is 0 Å². The predicted molar refractivity (Wildman–Crippen MR) is 115 cm³/mol. The van der Waals surface area contributed by atoms with E-state index in [0.29, 0.717) is 0 Å². The summed E-state index contributed by atoms with van der Waals surface area (Å²) < 4.78 is 4.53. The molecule has 0 N–H and O–H groups in total. The number of piperazine rings is 1. The van der Waals surface area contributed by atoms with E-state index in [9.17, 15) is 0 Å². The number of hydrogen-bond acceptors (Lipinski definition) is 5. The highest BCUT2D eigenvalue weighted by atomic mass is 35.5. The van der Waals surface area contributed by atoms with Crippen LogP contribution in [0.3, 0.4) is 0 Å². The lowest BCUT2D eigenvalue weighted by atomic mass is 10.2. The molecule has 0 bridgehead atoms. The van der Waals surface area contributed by atoms with E-state index in [1.54, 1.807) is 11.3 Å². The predicted octanol–water partition coefficient (Wildman–Crippen LogP) is 5.30. The fraction of sp³-hybridized carbons (Fsp3) is 0.400. The van der Waals surface area contributed by atoms with Crippen molar-refractivity contribution in [2.75, 3.05) is 44.2 Å². The second-order valence-corrected chi connectivity index (χ2v) is 9.71. The van der Waals surface area contributed by atoms with Gasteiger partial charge in [0.1, 0.15) is 0 Å². The number of thiophene rings is 1. The number of rotatable bonds is 6. The third-order valence-corrected chi connectivity index (χ3v) is 7.40. The number of fused-ring (bicyclic) bond motifs is 1. The van der Waals surface area contributed by atoms with E-state index in [2.05, 4.69) is 62.8 Å². The summed E-state index contributed by atoms with van der Waals surface area (Å²) in [4.78, 5) is 5.10. The number of anilines is 1. The van der Waals surface area contributed by atoms with Gasteiger partial charge < -0.3 is 9.21 Å². The standard InChI is InChI=1S/C20H24ClN3S2/c21-19-16-17-8-11-24(26-20(17)25-19)10-5-4-9-22-12-14-23(15-13-22)18-6-2-1-3-7-18/h1-3,6-8,11,16H,4-5,9-10,12-15H2. The first kappa shape index (κ1) is 18.2. The summed E-state index contributed by atoms with van der Waals surface area (Å²) >= 11 is 9.60. The minimum absolute atomic E-state index is 0.878. The van der Waals surface area contributed by atoms with E-state index in [4.69, 9.17) is 11.6 Å². The van der Waals surface area contributed by atoms with Gasteiger partial charge in [-0.1, -0.05) is 29.8 Å². The van der Waals surface area contributed by atoms with Crippen molar-refractivity contribution in [2.45, 2.75) is 17.1 Å². The smallest absolute Gasteiger partial charge is 0.0947 e. The molecule has 0 aliphatic carbocycles. The lowest BCUT2D eigenvalue weighted by molar-refractivity contribution is 0.251. The minimum Gasteiger partial charge on any atom is -0.369 e. The largest absolute Gasteiger partial charge is 0.369 e. The molecule has 4 rings (SSSR count). The van der Waals surface area contributed by atoms with E-state index in [1.165, 1.54) is 47.9 Å². The number of hydrogen-bond donors (Lipinski definition) is 0. The zero-order valence-corrected chi connectivity index (χ0v) is 17.2. The van der Waals surface area contributed by atoms with Crippen LogP contribution in [-0.2, 0) is 0 Å². The van der Waals surface area contributed by atoms with Gasteiger partial charge in [-0.25, -0.2) is 0 Å². The molecule has 0 amide bonds. The van der Waals surface area contributed by atoms with Gasteiger partial charge in [0, 0.05) is 50.2 Å². The first-order chi connectivity index (χ1) is 12.8. The fourth-order valence-electron chi connectivity index (χ4n) is 3.44. The maximum absolute atomic E-state index is 6.10. The van der Waals surface area contributed by atoms with Crippen LogP contribution in [0.1, 0.15) is 18.4 Å². The van der Waals surface area contributed by atoms with Gasteiger partial charge in [0.2, 0.25) is 0 Å². The first-order valence-electron chi connectivity index (χ1n) is 9.22. The number of halogens is 1. The number of benzene rings is 1. The molecule has 1 saturated heterocycles. The number of nitrogens with zero attached hydrogens (tertiary/aromatic N) is 3. The minimum atomic E-state index is 0.878. The molecular weight excluding hydrogens is 382 g/mol. The van der Waals surface area contributed by atoms with Gasteiger partial charge in [0.05, 0.1) is 8.55 Å². The summed E-state index contributed by atoms with van der Waals surface area (Å²) in [6.45, 7) is 6.92. The molecule has 6 heteroatoms. The van der Waals surface area contributed by atoms with Crippen molar-refractivity contribution in [2.24, 2.45) is 0 Å². The molecule has 3 heterocycles. The zero-order valence-electron chi connectivity index (χ0n) is 14.8. The molecular formula is C20H24ClN3S2. The second-order valence-electron chi connectivity index (χ2n) is 6.71. The van der Waals surface area contributed by atoms with Crippen molar-refractivity contribution in [3.05, 3.63) is 52.5 Å². The van der Waals surface area contributed by atoms with Crippen LogP contribution in [0.4, 0.5) is 5.69 Å². The first-order valence-corrected chi connectivity index (χ1v) is 11.2. The average Bonchev–Trinajstić information content (AvgIpc) is 3.06. The topological polar surface area (TPSA) is 9.72 Å². The Morgan fingerprint density at radius 2 is 1.73 bits per heavy atom. The average molecular weight is 406 g/mol. The summed E-state index contributed by atoms with van der Waals surface area (Å²) in [6.07, 6.45) is 6.85. The van der Waals surface area contributed by atoms with Crippen LogP contribution < -0.4 is 4.90 Å². The van der Waals surface area contributed by atoms with Crippen molar-refractivity contribution < 1.29 is 0 Å². The van der Waals surface area contributed by atoms with Crippen LogP contribution in [-0.4, -0.2) is 48.5 Å². The van der Waals surface area contributed by atoms with Gasteiger partial charge in [-0.3, -0.25) is 4.90 Å². The Bertz CT molecular complexity index is 739. The van der Waals surface area contributed by atoms with Gasteiger partial charge in [0.25, 0.3) is 0 Å². The highest BCUT2D eigenvalue weighted by molar-refractivity contribution is 7.99. The lowest BCUT2D eigenvalue weighted by Crippen LogP contribution is -2.46. The van der Waals surface area contributed by atoms with Crippen LogP contribution in [0, 0.1) is 0 Å². The number of unbranched alkanes of at least 4 members (excludes halogenated alkanes) is 1.